The second-order valence-corrected chi connectivity index (χ2v) is 2.51. The average Bonchev–Trinajstić information content (AvgIpc) is 2.03. The number of halogens is 3. The Hall–Kier alpha value is -1.46. The highest BCUT2D eigenvalue weighted by Gasteiger charge is 2.33. The van der Waals surface area contributed by atoms with E-state index in [0.717, 1.165) is 12.3 Å². The summed E-state index contributed by atoms with van der Waals surface area (Å²) in [4.78, 5) is 10.5. The maximum Gasteiger partial charge on any atom is 0.417 e. The fourth-order valence-corrected chi connectivity index (χ4v) is 0.873. The summed E-state index contributed by atoms with van der Waals surface area (Å²) in [6.45, 7) is 0.0366. The van der Waals surface area contributed by atoms with Crippen molar-refractivity contribution in [3.63, 3.8) is 0 Å². The van der Waals surface area contributed by atoms with Crippen LogP contribution in [0.25, 0.3) is 0 Å². The Labute approximate surface area is 72.1 Å². The van der Waals surface area contributed by atoms with Gasteiger partial charge in [0.25, 0.3) is 0 Å². The van der Waals surface area contributed by atoms with Gasteiger partial charge in [-0.25, -0.2) is 0 Å². The monoisotopic (exact) mass is 192 g/mol. The molecule has 0 radical (unpaired) electrons. The Kier molecular flexibility index (Phi) is 2.31. The summed E-state index contributed by atoms with van der Waals surface area (Å²) in [6, 6.07) is 0. The van der Waals surface area contributed by atoms with E-state index in [1.54, 1.807) is 0 Å². The summed E-state index contributed by atoms with van der Waals surface area (Å²) in [5.41, 5.74) is 3.86. The molecule has 72 valence electrons. The van der Waals surface area contributed by atoms with Gasteiger partial charge in [0.2, 0.25) is 5.91 Å². The van der Waals surface area contributed by atoms with E-state index in [1.807, 2.05) is 0 Å². The third kappa shape index (κ3) is 2.24. The number of rotatable bonds is 1. The molecule has 1 aliphatic heterocycles. The normalized spacial score (nSPS) is 17.2. The number of hydrogen-bond acceptors (Lipinski definition) is 2. The second kappa shape index (κ2) is 3.12. The van der Waals surface area contributed by atoms with Crippen LogP contribution in [-0.4, -0.2) is 18.6 Å². The number of nitrogens with one attached hydrogen (secondary N) is 1. The van der Waals surface area contributed by atoms with E-state index in [0.29, 0.717) is 0 Å². The molecule has 0 spiro atoms. The maximum absolute atomic E-state index is 12.1. The van der Waals surface area contributed by atoms with Crippen LogP contribution >= 0.6 is 0 Å². The second-order valence-electron chi connectivity index (χ2n) is 2.51. The van der Waals surface area contributed by atoms with Gasteiger partial charge < -0.3 is 11.1 Å². The zero-order valence-electron chi connectivity index (χ0n) is 6.48. The van der Waals surface area contributed by atoms with Crippen LogP contribution in [0.1, 0.15) is 0 Å². The third-order valence-corrected chi connectivity index (χ3v) is 1.52. The quantitative estimate of drug-likeness (QED) is 0.633. The standard InChI is InChI=1S/C7H7F3N2O/c8-7(9,10)5-1-4(6(11)13)2-12-3-5/h1,3,12H,2H2,(H2,11,13). The van der Waals surface area contributed by atoms with Crippen LogP contribution in [-0.2, 0) is 4.79 Å². The molecule has 0 saturated carbocycles. The molecule has 6 heteroatoms. The first-order valence-corrected chi connectivity index (χ1v) is 3.42. The van der Waals surface area contributed by atoms with Crippen LogP contribution < -0.4 is 11.1 Å². The van der Waals surface area contributed by atoms with Gasteiger partial charge in [-0.15, -0.1) is 0 Å². The van der Waals surface area contributed by atoms with Crippen molar-refractivity contribution in [1.29, 1.82) is 0 Å². The lowest BCUT2D eigenvalue weighted by atomic mass is 10.1. The number of dihydropyridines is 1. The van der Waals surface area contributed by atoms with Gasteiger partial charge in [0.15, 0.2) is 0 Å². The molecular formula is C7H7F3N2O. The van der Waals surface area contributed by atoms with E-state index in [-0.39, 0.29) is 12.1 Å². The van der Waals surface area contributed by atoms with Gasteiger partial charge in [-0.3, -0.25) is 4.79 Å². The minimum absolute atomic E-state index is 0.0366. The predicted molar refractivity (Wildman–Crippen MR) is 39.4 cm³/mol. The Morgan fingerprint density at radius 2 is 2.15 bits per heavy atom. The average molecular weight is 192 g/mol. The largest absolute Gasteiger partial charge is 0.417 e. The first-order chi connectivity index (χ1) is 5.91. The van der Waals surface area contributed by atoms with Crippen molar-refractivity contribution in [3.05, 3.63) is 23.4 Å². The van der Waals surface area contributed by atoms with Crippen molar-refractivity contribution >= 4 is 5.91 Å². The summed E-state index contributed by atoms with van der Waals surface area (Å²) < 4.78 is 36.2. The molecule has 0 saturated heterocycles. The summed E-state index contributed by atoms with van der Waals surface area (Å²) >= 11 is 0. The minimum Gasteiger partial charge on any atom is -0.386 e. The molecule has 3 N–H and O–H groups in total. The molecule has 1 rings (SSSR count). The van der Waals surface area contributed by atoms with Crippen LogP contribution in [0.4, 0.5) is 13.2 Å². The molecular weight excluding hydrogens is 185 g/mol. The van der Waals surface area contributed by atoms with Crippen molar-refractivity contribution in [3.8, 4) is 0 Å². The fraction of sp³-hybridized carbons (Fsp3) is 0.286. The number of nitrogens with two attached hydrogens (primary N) is 1. The molecule has 0 unspecified atom stereocenters. The van der Waals surface area contributed by atoms with Crippen LogP contribution in [0.2, 0.25) is 0 Å². The van der Waals surface area contributed by atoms with Crippen LogP contribution in [0.3, 0.4) is 0 Å². The molecule has 0 atom stereocenters. The topological polar surface area (TPSA) is 55.1 Å². The summed E-state index contributed by atoms with van der Waals surface area (Å²) in [6.07, 6.45) is -2.89. The lowest BCUT2D eigenvalue weighted by Crippen LogP contribution is -2.28. The Bertz CT molecular complexity index is 291. The van der Waals surface area contributed by atoms with E-state index in [1.165, 1.54) is 0 Å². The number of hydrogen-bond donors (Lipinski definition) is 2. The number of alkyl halides is 3. The number of allylic oxidation sites excluding steroid dienone is 2. The highest BCUT2D eigenvalue weighted by molar-refractivity contribution is 5.93. The first kappa shape index (κ1) is 9.63. The molecule has 1 amide bonds. The van der Waals surface area contributed by atoms with E-state index < -0.39 is 17.7 Å². The molecule has 0 aromatic carbocycles. The fourth-order valence-electron chi connectivity index (χ4n) is 0.873. The van der Waals surface area contributed by atoms with Crippen molar-refractivity contribution in [1.82, 2.24) is 5.32 Å². The molecule has 0 aromatic rings. The Balaban J connectivity index is 2.91. The zero-order valence-corrected chi connectivity index (χ0v) is 6.48. The molecule has 13 heavy (non-hydrogen) atoms. The van der Waals surface area contributed by atoms with E-state index in [4.69, 9.17) is 5.73 Å². The smallest absolute Gasteiger partial charge is 0.386 e. The highest BCUT2D eigenvalue weighted by Crippen LogP contribution is 2.27. The molecule has 0 fully saturated rings. The van der Waals surface area contributed by atoms with Gasteiger partial charge in [-0.05, 0) is 6.08 Å². The summed E-state index contributed by atoms with van der Waals surface area (Å²) in [5.74, 6) is -0.845. The molecule has 0 bridgehead atoms. The number of primary amides is 1. The van der Waals surface area contributed by atoms with Gasteiger partial charge >= 0.3 is 6.18 Å². The third-order valence-electron chi connectivity index (χ3n) is 1.52. The Morgan fingerprint density at radius 3 is 2.62 bits per heavy atom. The lowest BCUT2D eigenvalue weighted by Gasteiger charge is -2.15. The number of amides is 1. The molecule has 1 heterocycles. The predicted octanol–water partition coefficient (Wildman–Crippen LogP) is 0.448. The molecule has 0 aromatic heterocycles. The lowest BCUT2D eigenvalue weighted by molar-refractivity contribution is -0.114. The first-order valence-electron chi connectivity index (χ1n) is 3.42. The SMILES string of the molecule is NC(=O)C1=CC(C(F)(F)F)=CNC1. The summed E-state index contributed by atoms with van der Waals surface area (Å²) in [5, 5.41) is 2.32. The van der Waals surface area contributed by atoms with E-state index >= 15 is 0 Å². The zero-order chi connectivity index (χ0) is 10.1. The van der Waals surface area contributed by atoms with Gasteiger partial charge in [0.1, 0.15) is 0 Å². The van der Waals surface area contributed by atoms with Gasteiger partial charge in [0, 0.05) is 18.3 Å². The van der Waals surface area contributed by atoms with Crippen molar-refractivity contribution in [2.24, 2.45) is 5.73 Å². The van der Waals surface area contributed by atoms with Gasteiger partial charge in [-0.1, -0.05) is 0 Å². The van der Waals surface area contributed by atoms with Crippen molar-refractivity contribution in [2.45, 2.75) is 6.18 Å². The van der Waals surface area contributed by atoms with Crippen LogP contribution in [0.15, 0.2) is 23.4 Å². The Morgan fingerprint density at radius 1 is 1.54 bits per heavy atom. The molecule has 3 nitrogen and oxygen atoms in total. The van der Waals surface area contributed by atoms with Crippen LogP contribution in [0.5, 0.6) is 0 Å². The van der Waals surface area contributed by atoms with Crippen molar-refractivity contribution < 1.29 is 18.0 Å². The minimum atomic E-state index is -4.45. The van der Waals surface area contributed by atoms with E-state index in [2.05, 4.69) is 5.32 Å². The number of carbonyl (C=O) groups excluding carboxylic acids is 1. The van der Waals surface area contributed by atoms with E-state index in [9.17, 15) is 18.0 Å². The molecule has 0 aliphatic carbocycles. The molecule has 1 aliphatic rings. The van der Waals surface area contributed by atoms with Gasteiger partial charge in [-0.2, -0.15) is 13.2 Å². The maximum atomic E-state index is 12.1. The number of carbonyl (C=O) groups is 1. The summed E-state index contributed by atoms with van der Waals surface area (Å²) in [7, 11) is 0. The van der Waals surface area contributed by atoms with Crippen LogP contribution in [0, 0.1) is 0 Å². The highest BCUT2D eigenvalue weighted by atomic mass is 19.4. The van der Waals surface area contributed by atoms with Crippen molar-refractivity contribution in [2.75, 3.05) is 6.54 Å². The van der Waals surface area contributed by atoms with Gasteiger partial charge in [0.05, 0.1) is 5.57 Å².